The average Bonchev–Trinajstić information content (AvgIpc) is 3.17. The first kappa shape index (κ1) is 17.1. The van der Waals surface area contributed by atoms with Crippen LogP contribution in [0.1, 0.15) is 35.5 Å². The maximum Gasteiger partial charge on any atom is 0.323 e. The molecule has 1 atom stereocenters. The second kappa shape index (κ2) is 7.01. The first-order valence-corrected chi connectivity index (χ1v) is 8.43. The van der Waals surface area contributed by atoms with Gasteiger partial charge in [-0.15, -0.1) is 0 Å². The molecule has 6 heteroatoms. The van der Waals surface area contributed by atoms with Crippen molar-refractivity contribution in [2.24, 2.45) is 0 Å². The number of carboxylic acid groups (broad SMARTS) is 1. The summed E-state index contributed by atoms with van der Waals surface area (Å²) in [5.41, 5.74) is 3.25. The number of carboxylic acids is 1. The Morgan fingerprint density at radius 3 is 2.80 bits per heavy atom. The predicted octanol–water partition coefficient (Wildman–Crippen LogP) is 2.78. The fourth-order valence-electron chi connectivity index (χ4n) is 3.34. The lowest BCUT2D eigenvalue weighted by molar-refractivity contribution is -0.137. The molecule has 1 aliphatic rings. The van der Waals surface area contributed by atoms with Crippen molar-refractivity contribution >= 4 is 17.6 Å². The van der Waals surface area contributed by atoms with Gasteiger partial charge in [0.25, 0.3) is 5.91 Å². The topological polar surface area (TPSA) is 74.0 Å². The molecule has 0 radical (unpaired) electrons. The van der Waals surface area contributed by atoms with Gasteiger partial charge in [-0.25, -0.2) is 0 Å². The normalized spacial score (nSPS) is 15.9. The Kier molecular flexibility index (Phi) is 4.79. The van der Waals surface area contributed by atoms with Gasteiger partial charge in [0.2, 0.25) is 0 Å². The smallest absolute Gasteiger partial charge is 0.323 e. The highest BCUT2D eigenvalue weighted by molar-refractivity contribution is 5.94. The van der Waals surface area contributed by atoms with E-state index in [1.54, 1.807) is 13.0 Å². The molecule has 0 fully saturated rings. The molecule has 0 bridgehead atoms. The van der Waals surface area contributed by atoms with Crippen LogP contribution in [-0.2, 0) is 17.8 Å². The molecule has 0 saturated carbocycles. The van der Waals surface area contributed by atoms with E-state index in [0.29, 0.717) is 19.1 Å². The molecule has 1 aliphatic heterocycles. The molecule has 1 N–H and O–H groups in total. The van der Waals surface area contributed by atoms with Crippen molar-refractivity contribution in [1.29, 1.82) is 0 Å². The van der Waals surface area contributed by atoms with Gasteiger partial charge < -0.3 is 19.3 Å². The van der Waals surface area contributed by atoms with Crippen molar-refractivity contribution in [2.45, 2.75) is 32.9 Å². The molecule has 2 aromatic rings. The van der Waals surface area contributed by atoms with Crippen LogP contribution < -0.4 is 4.90 Å². The minimum atomic E-state index is -1.04. The van der Waals surface area contributed by atoms with Gasteiger partial charge in [-0.1, -0.05) is 18.2 Å². The first-order chi connectivity index (χ1) is 12.0. The third-order valence-corrected chi connectivity index (χ3v) is 4.63. The Hall–Kier alpha value is -2.76. The Morgan fingerprint density at radius 1 is 1.32 bits per heavy atom. The molecule has 2 heterocycles. The maximum absolute atomic E-state index is 12.6. The van der Waals surface area contributed by atoms with Crippen LogP contribution in [0.5, 0.6) is 0 Å². The number of anilines is 1. The number of nitrogens with zero attached hydrogens (tertiary/aromatic N) is 2. The van der Waals surface area contributed by atoms with Gasteiger partial charge in [-0.3, -0.25) is 9.59 Å². The summed E-state index contributed by atoms with van der Waals surface area (Å²) in [5.74, 6) is -1.20. The van der Waals surface area contributed by atoms with Crippen LogP contribution in [0.25, 0.3) is 0 Å². The SMILES string of the molecule is CCN(CC(=O)O)C(=O)c1occc1CN1c2ccccc2CC1C. The summed E-state index contributed by atoms with van der Waals surface area (Å²) in [6.45, 7) is 4.44. The van der Waals surface area contributed by atoms with E-state index in [1.165, 1.54) is 22.4 Å². The molecule has 25 heavy (non-hydrogen) atoms. The van der Waals surface area contributed by atoms with Crippen LogP contribution in [0.4, 0.5) is 5.69 Å². The van der Waals surface area contributed by atoms with Gasteiger partial charge in [-0.2, -0.15) is 0 Å². The van der Waals surface area contributed by atoms with Crippen molar-refractivity contribution in [3.8, 4) is 0 Å². The van der Waals surface area contributed by atoms with Crippen molar-refractivity contribution in [2.75, 3.05) is 18.0 Å². The molecule has 1 aromatic carbocycles. The van der Waals surface area contributed by atoms with Gasteiger partial charge in [0.05, 0.1) is 6.26 Å². The average molecular weight is 342 g/mol. The standard InChI is InChI=1S/C19H22N2O4/c1-3-20(12-17(22)23)19(24)18-15(8-9-25-18)11-21-13(2)10-14-6-4-5-7-16(14)21/h4-9,13H,3,10-12H2,1-2H3,(H,22,23). The van der Waals surface area contributed by atoms with Crippen molar-refractivity contribution in [3.05, 3.63) is 53.5 Å². The zero-order valence-corrected chi connectivity index (χ0v) is 14.4. The summed E-state index contributed by atoms with van der Waals surface area (Å²) < 4.78 is 5.41. The molecule has 1 unspecified atom stereocenters. The summed E-state index contributed by atoms with van der Waals surface area (Å²) in [6.07, 6.45) is 2.46. The Labute approximate surface area is 146 Å². The summed E-state index contributed by atoms with van der Waals surface area (Å²) in [5, 5.41) is 8.97. The summed E-state index contributed by atoms with van der Waals surface area (Å²) in [4.78, 5) is 27.1. The number of hydrogen-bond donors (Lipinski definition) is 1. The monoisotopic (exact) mass is 342 g/mol. The number of carbonyl (C=O) groups excluding carboxylic acids is 1. The Morgan fingerprint density at radius 2 is 2.08 bits per heavy atom. The van der Waals surface area contributed by atoms with Gasteiger partial charge in [0.1, 0.15) is 6.54 Å². The van der Waals surface area contributed by atoms with Gasteiger partial charge in [0.15, 0.2) is 5.76 Å². The fraction of sp³-hybridized carbons (Fsp3) is 0.368. The van der Waals surface area contributed by atoms with Crippen molar-refractivity contribution in [3.63, 3.8) is 0 Å². The third-order valence-electron chi connectivity index (χ3n) is 4.63. The van der Waals surface area contributed by atoms with Gasteiger partial charge >= 0.3 is 5.97 Å². The number of amides is 1. The molecular formula is C19H22N2O4. The van der Waals surface area contributed by atoms with Crippen LogP contribution >= 0.6 is 0 Å². The molecule has 1 aromatic heterocycles. The number of fused-ring (bicyclic) bond motifs is 1. The van der Waals surface area contributed by atoms with Gasteiger partial charge in [-0.05, 0) is 38.0 Å². The number of benzene rings is 1. The number of para-hydroxylation sites is 1. The summed E-state index contributed by atoms with van der Waals surface area (Å²) >= 11 is 0. The van der Waals surface area contributed by atoms with E-state index in [4.69, 9.17) is 9.52 Å². The van der Waals surface area contributed by atoms with Gasteiger partial charge in [0, 0.05) is 30.4 Å². The third kappa shape index (κ3) is 3.38. The number of carbonyl (C=O) groups is 2. The largest absolute Gasteiger partial charge is 0.480 e. The summed E-state index contributed by atoms with van der Waals surface area (Å²) in [6, 6.07) is 10.4. The van der Waals surface area contributed by atoms with Crippen LogP contribution in [0.15, 0.2) is 41.0 Å². The van der Waals surface area contributed by atoms with E-state index in [0.717, 1.165) is 12.0 Å². The molecule has 0 spiro atoms. The van der Waals surface area contributed by atoms with Crippen LogP contribution in [0.2, 0.25) is 0 Å². The van der Waals surface area contributed by atoms with Crippen LogP contribution in [0, 0.1) is 0 Å². The number of rotatable bonds is 6. The predicted molar refractivity (Wildman–Crippen MR) is 93.7 cm³/mol. The van der Waals surface area contributed by atoms with Crippen molar-refractivity contribution < 1.29 is 19.1 Å². The minimum Gasteiger partial charge on any atom is -0.480 e. The van der Waals surface area contributed by atoms with E-state index in [9.17, 15) is 9.59 Å². The highest BCUT2D eigenvalue weighted by Crippen LogP contribution is 2.33. The van der Waals surface area contributed by atoms with Crippen molar-refractivity contribution in [1.82, 2.24) is 4.90 Å². The molecule has 132 valence electrons. The van der Waals surface area contributed by atoms with E-state index in [1.807, 2.05) is 12.1 Å². The second-order valence-electron chi connectivity index (χ2n) is 6.30. The quantitative estimate of drug-likeness (QED) is 0.874. The molecule has 0 aliphatic carbocycles. The Balaban J connectivity index is 1.83. The zero-order valence-electron chi connectivity index (χ0n) is 14.4. The minimum absolute atomic E-state index is 0.222. The zero-order chi connectivity index (χ0) is 18.0. The van der Waals surface area contributed by atoms with E-state index >= 15 is 0 Å². The molecule has 1 amide bonds. The summed E-state index contributed by atoms with van der Waals surface area (Å²) in [7, 11) is 0. The number of likely N-dealkylation sites (N-methyl/N-ethyl adjacent to an activating group) is 1. The van der Waals surface area contributed by atoms with Crippen LogP contribution in [-0.4, -0.2) is 41.0 Å². The number of hydrogen-bond acceptors (Lipinski definition) is 4. The molecular weight excluding hydrogens is 320 g/mol. The Bertz CT molecular complexity index is 783. The van der Waals surface area contributed by atoms with E-state index in [-0.39, 0.29) is 18.2 Å². The van der Waals surface area contributed by atoms with Crippen LogP contribution in [0.3, 0.4) is 0 Å². The molecule has 3 rings (SSSR count). The fourth-order valence-corrected chi connectivity index (χ4v) is 3.34. The highest BCUT2D eigenvalue weighted by atomic mass is 16.4. The van der Waals surface area contributed by atoms with E-state index < -0.39 is 5.97 Å². The number of aliphatic carboxylic acids is 1. The molecule has 0 saturated heterocycles. The maximum atomic E-state index is 12.6. The van der Waals surface area contributed by atoms with E-state index in [2.05, 4.69) is 24.0 Å². The highest BCUT2D eigenvalue weighted by Gasteiger charge is 2.29. The second-order valence-corrected chi connectivity index (χ2v) is 6.30. The lowest BCUT2D eigenvalue weighted by Gasteiger charge is -2.25. The number of furan rings is 1. The first-order valence-electron chi connectivity index (χ1n) is 8.43. The lowest BCUT2D eigenvalue weighted by Crippen LogP contribution is -2.36. The lowest BCUT2D eigenvalue weighted by atomic mass is 10.1. The molecule has 6 nitrogen and oxygen atoms in total.